The molecule has 0 aliphatic heterocycles. The van der Waals surface area contributed by atoms with E-state index in [1.54, 1.807) is 6.07 Å². The van der Waals surface area contributed by atoms with Gasteiger partial charge in [0.1, 0.15) is 17.7 Å². The minimum absolute atomic E-state index is 0.215. The van der Waals surface area contributed by atoms with Crippen molar-refractivity contribution in [3.05, 3.63) is 29.6 Å². The minimum atomic E-state index is -0.215. The van der Waals surface area contributed by atoms with E-state index in [1.165, 1.54) is 44.2 Å². The van der Waals surface area contributed by atoms with Crippen molar-refractivity contribution in [3.8, 4) is 5.75 Å². The summed E-state index contributed by atoms with van der Waals surface area (Å²) in [4.78, 5) is 0. The summed E-state index contributed by atoms with van der Waals surface area (Å²) < 4.78 is 19.6. The van der Waals surface area contributed by atoms with Gasteiger partial charge in [0.25, 0.3) is 0 Å². The van der Waals surface area contributed by atoms with Gasteiger partial charge in [-0.1, -0.05) is 25.3 Å². The third-order valence-corrected chi connectivity index (χ3v) is 5.34. The van der Waals surface area contributed by atoms with Crippen LogP contribution >= 0.6 is 0 Å². The lowest BCUT2D eigenvalue weighted by molar-refractivity contribution is -0.101. The largest absolute Gasteiger partial charge is 0.489 e. The number of ether oxygens (including phenoxy) is 1. The van der Waals surface area contributed by atoms with E-state index in [0.29, 0.717) is 6.04 Å². The molecule has 2 fully saturated rings. The van der Waals surface area contributed by atoms with Crippen molar-refractivity contribution >= 4 is 0 Å². The van der Waals surface area contributed by atoms with Gasteiger partial charge < -0.3 is 10.1 Å². The molecule has 0 radical (unpaired) electrons. The summed E-state index contributed by atoms with van der Waals surface area (Å²) in [6.07, 6.45) is 7.66. The Balaban J connectivity index is 1.78. The summed E-state index contributed by atoms with van der Waals surface area (Å²) >= 11 is 0. The fraction of sp³-hybridized carbons (Fsp3) is 0.647. The van der Waals surface area contributed by atoms with E-state index in [-0.39, 0.29) is 17.3 Å². The molecule has 0 bridgehead atoms. The fourth-order valence-electron chi connectivity index (χ4n) is 4.05. The molecule has 2 unspecified atom stereocenters. The second-order valence-corrected chi connectivity index (χ2v) is 6.39. The molecular formula is C17H24FNO. The molecule has 2 atom stereocenters. The van der Waals surface area contributed by atoms with Gasteiger partial charge in [0.15, 0.2) is 0 Å². The molecule has 0 heterocycles. The Morgan fingerprint density at radius 3 is 2.70 bits per heavy atom. The molecule has 1 aromatic rings. The van der Waals surface area contributed by atoms with Gasteiger partial charge in [-0.25, -0.2) is 4.39 Å². The number of hydrogen-bond donors (Lipinski definition) is 1. The van der Waals surface area contributed by atoms with Crippen molar-refractivity contribution in [1.82, 2.24) is 5.32 Å². The van der Waals surface area contributed by atoms with Gasteiger partial charge >= 0.3 is 0 Å². The van der Waals surface area contributed by atoms with Crippen LogP contribution in [-0.4, -0.2) is 19.2 Å². The Hall–Kier alpha value is -1.09. The maximum absolute atomic E-state index is 13.4. The van der Waals surface area contributed by atoms with Crippen molar-refractivity contribution in [3.63, 3.8) is 0 Å². The van der Waals surface area contributed by atoms with E-state index >= 15 is 0 Å². The van der Waals surface area contributed by atoms with Crippen LogP contribution in [0.15, 0.2) is 18.2 Å². The summed E-state index contributed by atoms with van der Waals surface area (Å²) in [6, 6.07) is 5.38. The first-order valence-corrected chi connectivity index (χ1v) is 7.76. The molecule has 2 nitrogen and oxygen atoms in total. The van der Waals surface area contributed by atoms with E-state index in [4.69, 9.17) is 4.74 Å². The van der Waals surface area contributed by atoms with Crippen LogP contribution in [0.4, 0.5) is 4.39 Å². The topological polar surface area (TPSA) is 21.3 Å². The Kier molecular flexibility index (Phi) is 3.72. The zero-order valence-electron chi connectivity index (χ0n) is 12.4. The van der Waals surface area contributed by atoms with Crippen molar-refractivity contribution < 1.29 is 9.13 Å². The van der Waals surface area contributed by atoms with E-state index < -0.39 is 0 Å². The Labute approximate surface area is 120 Å². The lowest BCUT2D eigenvalue weighted by Gasteiger charge is -2.57. The van der Waals surface area contributed by atoms with E-state index in [1.807, 2.05) is 14.0 Å². The van der Waals surface area contributed by atoms with Crippen LogP contribution < -0.4 is 10.1 Å². The first-order chi connectivity index (χ1) is 9.65. The highest BCUT2D eigenvalue weighted by Crippen LogP contribution is 2.53. The third-order valence-electron chi connectivity index (χ3n) is 5.34. The molecule has 2 aliphatic rings. The minimum Gasteiger partial charge on any atom is -0.489 e. The third kappa shape index (κ3) is 2.22. The Morgan fingerprint density at radius 1 is 1.25 bits per heavy atom. The highest BCUT2D eigenvalue weighted by Gasteiger charge is 2.55. The lowest BCUT2D eigenvalue weighted by Crippen LogP contribution is -2.64. The van der Waals surface area contributed by atoms with Crippen LogP contribution in [0.2, 0.25) is 0 Å². The van der Waals surface area contributed by atoms with Crippen LogP contribution in [0.5, 0.6) is 5.75 Å². The number of nitrogens with one attached hydrogen (secondary N) is 1. The van der Waals surface area contributed by atoms with Crippen LogP contribution in [0.3, 0.4) is 0 Å². The van der Waals surface area contributed by atoms with Gasteiger partial charge in [0, 0.05) is 23.9 Å². The zero-order valence-corrected chi connectivity index (χ0v) is 12.4. The number of rotatable bonds is 3. The molecule has 0 aromatic heterocycles. The fourth-order valence-corrected chi connectivity index (χ4v) is 4.05. The highest BCUT2D eigenvalue weighted by atomic mass is 19.1. The summed E-state index contributed by atoms with van der Waals surface area (Å²) in [5.41, 5.74) is 1.29. The van der Waals surface area contributed by atoms with Gasteiger partial charge in [-0.2, -0.15) is 0 Å². The van der Waals surface area contributed by atoms with Crippen LogP contribution in [0, 0.1) is 18.2 Å². The molecule has 3 heteroatoms. The standard InChI is InChI=1S/C17H24FNO/c1-12-6-7-13(18)10-14(12)20-16-11-15(19-2)17(16)8-4-3-5-9-17/h6-7,10,15-16,19H,3-5,8-9,11H2,1-2H3. The normalized spacial score (nSPS) is 28.1. The number of halogens is 1. The second-order valence-electron chi connectivity index (χ2n) is 6.39. The van der Waals surface area contributed by atoms with Gasteiger partial charge in [-0.15, -0.1) is 0 Å². The van der Waals surface area contributed by atoms with E-state index in [9.17, 15) is 4.39 Å². The van der Waals surface area contributed by atoms with Gasteiger partial charge in [0.2, 0.25) is 0 Å². The molecule has 1 aromatic carbocycles. The molecule has 0 saturated heterocycles. The second kappa shape index (κ2) is 5.36. The Morgan fingerprint density at radius 2 is 2.00 bits per heavy atom. The average molecular weight is 277 g/mol. The van der Waals surface area contributed by atoms with Gasteiger partial charge in [-0.3, -0.25) is 0 Å². The first-order valence-electron chi connectivity index (χ1n) is 7.76. The average Bonchev–Trinajstić information content (AvgIpc) is 2.47. The maximum Gasteiger partial charge on any atom is 0.126 e. The van der Waals surface area contributed by atoms with Crippen molar-refractivity contribution in [1.29, 1.82) is 0 Å². The van der Waals surface area contributed by atoms with Crippen molar-refractivity contribution in [2.75, 3.05) is 7.05 Å². The van der Waals surface area contributed by atoms with Gasteiger partial charge in [0.05, 0.1) is 0 Å². The number of aryl methyl sites for hydroxylation is 1. The lowest BCUT2D eigenvalue weighted by atomic mass is 9.55. The molecule has 1 spiro atoms. The predicted octanol–water partition coefficient (Wildman–Crippen LogP) is 3.82. The molecule has 2 aliphatic carbocycles. The molecule has 0 amide bonds. The highest BCUT2D eigenvalue weighted by molar-refractivity contribution is 5.33. The van der Waals surface area contributed by atoms with Crippen LogP contribution in [0.25, 0.3) is 0 Å². The molecule has 20 heavy (non-hydrogen) atoms. The number of hydrogen-bond acceptors (Lipinski definition) is 2. The molecule has 2 saturated carbocycles. The van der Waals surface area contributed by atoms with Crippen LogP contribution in [0.1, 0.15) is 44.1 Å². The molecule has 3 rings (SSSR count). The first kappa shape index (κ1) is 13.9. The maximum atomic E-state index is 13.4. The van der Waals surface area contributed by atoms with Crippen LogP contribution in [-0.2, 0) is 0 Å². The quantitative estimate of drug-likeness (QED) is 0.906. The van der Waals surface area contributed by atoms with Crippen molar-refractivity contribution in [2.45, 2.75) is 57.6 Å². The Bertz CT molecular complexity index is 482. The smallest absolute Gasteiger partial charge is 0.126 e. The molecule has 1 N–H and O–H groups in total. The summed E-state index contributed by atoms with van der Waals surface area (Å²) in [5, 5.41) is 3.45. The summed E-state index contributed by atoms with van der Waals surface area (Å²) in [7, 11) is 2.05. The monoisotopic (exact) mass is 277 g/mol. The molecule has 110 valence electrons. The summed E-state index contributed by atoms with van der Waals surface area (Å²) in [6.45, 7) is 1.98. The zero-order chi connectivity index (χ0) is 14.2. The van der Waals surface area contributed by atoms with E-state index in [0.717, 1.165) is 17.7 Å². The van der Waals surface area contributed by atoms with Crippen molar-refractivity contribution in [2.24, 2.45) is 5.41 Å². The van der Waals surface area contributed by atoms with Gasteiger partial charge in [-0.05, 0) is 38.4 Å². The predicted molar refractivity (Wildman–Crippen MR) is 78.5 cm³/mol. The summed E-state index contributed by atoms with van der Waals surface area (Å²) in [5.74, 6) is 0.502. The number of benzene rings is 1. The molecular weight excluding hydrogens is 253 g/mol. The van der Waals surface area contributed by atoms with E-state index in [2.05, 4.69) is 5.32 Å². The SMILES string of the molecule is CNC1CC(Oc2cc(F)ccc2C)C12CCCCC2.